The second kappa shape index (κ2) is 16.3. The van der Waals surface area contributed by atoms with Crippen molar-refractivity contribution in [2.24, 2.45) is 4.99 Å². The zero-order valence-corrected chi connectivity index (χ0v) is 35.9. The Hall–Kier alpha value is -7.95. The molecule has 10 aromatic rings. The Balaban J connectivity index is 1.00. The number of nitrogens with zero attached hydrogens (tertiary/aromatic N) is 1. The Morgan fingerprint density at radius 1 is 0.385 bits per heavy atom. The largest absolute Gasteiger partial charge is 0.278 e. The first-order chi connectivity index (χ1) is 32.2. The van der Waals surface area contributed by atoms with E-state index in [-0.39, 0.29) is 12.3 Å². The number of amidine groups is 1. The lowest BCUT2D eigenvalue weighted by Gasteiger charge is -2.34. The van der Waals surface area contributed by atoms with Gasteiger partial charge in [-0.1, -0.05) is 218 Å². The standard InChI is InChI=1S/C62H45N3/c1-5-19-42(20-6-1)45-24-17-26-48(39-45)60-63-59(44-22-7-2-8-23-44)64-61(65-60)49-27-18-25-47(40-49)58-52-32-14-13-21-43(52)35-37-53(58)46-36-38-55-54-33-15-16-34-56(54)62(57(55)41-46,50-28-9-3-10-29-50)51-30-11-4-12-31-51/h1-41,60-61,65H,(H,63,64)/p+1. The molecule has 12 rings (SSSR count). The maximum atomic E-state index is 5.36. The van der Waals surface area contributed by atoms with Crippen molar-refractivity contribution in [1.82, 2.24) is 5.32 Å². The number of rotatable bonds is 8. The maximum absolute atomic E-state index is 5.36. The summed E-state index contributed by atoms with van der Waals surface area (Å²) in [6.07, 6.45) is -0.340. The fraction of sp³-hybridized carbons (Fsp3) is 0.0484. The number of nitrogens with two attached hydrogens (primary N) is 1. The fourth-order valence-corrected chi connectivity index (χ4v) is 10.6. The maximum Gasteiger partial charge on any atom is 0.230 e. The molecule has 0 spiro atoms. The van der Waals surface area contributed by atoms with Crippen molar-refractivity contribution < 1.29 is 5.32 Å². The first kappa shape index (κ1) is 38.7. The van der Waals surface area contributed by atoms with Crippen molar-refractivity contribution >= 4 is 16.6 Å². The highest BCUT2D eigenvalue weighted by Crippen LogP contribution is 2.57. The SMILES string of the molecule is c1ccc(C2=NC(c3cccc(-c4ccccc4)c3)NC(c3cccc(-c4c(-c5ccc6c(c5)C(c5ccccc5)(c5ccccc5)c5ccccc5-6)ccc5ccccc45)c3)[NH2+]2)cc1. The highest BCUT2D eigenvalue weighted by molar-refractivity contribution is 6.05. The van der Waals surface area contributed by atoms with Gasteiger partial charge in [0.25, 0.3) is 0 Å². The van der Waals surface area contributed by atoms with Crippen molar-refractivity contribution in [3.8, 4) is 44.5 Å². The Bertz CT molecular complexity index is 3340. The molecule has 2 unspecified atom stereocenters. The molecule has 1 heterocycles. The molecule has 0 bridgehead atoms. The molecule has 0 saturated carbocycles. The summed E-state index contributed by atoms with van der Waals surface area (Å²) in [6, 6.07) is 90.9. The van der Waals surface area contributed by atoms with E-state index >= 15 is 0 Å². The van der Waals surface area contributed by atoms with Gasteiger partial charge in [-0.3, -0.25) is 5.32 Å². The summed E-state index contributed by atoms with van der Waals surface area (Å²) in [5.41, 5.74) is 17.8. The minimum Gasteiger partial charge on any atom is -0.278 e. The predicted octanol–water partition coefficient (Wildman–Crippen LogP) is 13.5. The second-order valence-electron chi connectivity index (χ2n) is 17.2. The van der Waals surface area contributed by atoms with Crippen molar-refractivity contribution in [2.75, 3.05) is 0 Å². The van der Waals surface area contributed by atoms with Crippen molar-refractivity contribution in [1.29, 1.82) is 0 Å². The van der Waals surface area contributed by atoms with Crippen molar-refractivity contribution in [3.05, 3.63) is 288 Å². The molecule has 0 radical (unpaired) electrons. The Morgan fingerprint density at radius 2 is 0.954 bits per heavy atom. The summed E-state index contributed by atoms with van der Waals surface area (Å²) in [5.74, 6) is 0.986. The molecule has 3 heteroatoms. The topological polar surface area (TPSA) is 41.0 Å². The average Bonchev–Trinajstić information content (AvgIpc) is 3.69. The smallest absolute Gasteiger partial charge is 0.230 e. The molecular formula is C62H46N3+. The van der Waals surface area contributed by atoms with Crippen molar-refractivity contribution in [3.63, 3.8) is 0 Å². The number of hydrogen-bond acceptors (Lipinski definition) is 2. The predicted molar refractivity (Wildman–Crippen MR) is 268 cm³/mol. The van der Waals surface area contributed by atoms with Gasteiger partial charge in [0.05, 0.1) is 11.0 Å². The Morgan fingerprint density at radius 3 is 1.71 bits per heavy atom. The molecule has 0 fully saturated rings. The third-order valence-electron chi connectivity index (χ3n) is 13.5. The van der Waals surface area contributed by atoms with Gasteiger partial charge in [-0.15, -0.1) is 0 Å². The first-order valence-corrected chi connectivity index (χ1v) is 22.6. The van der Waals surface area contributed by atoms with E-state index in [0.29, 0.717) is 0 Å². The van der Waals surface area contributed by atoms with Crippen molar-refractivity contribution in [2.45, 2.75) is 17.7 Å². The quantitative estimate of drug-likeness (QED) is 0.157. The lowest BCUT2D eigenvalue weighted by molar-refractivity contribution is -0.600. The van der Waals surface area contributed by atoms with Crippen LogP contribution < -0.4 is 10.6 Å². The summed E-state index contributed by atoms with van der Waals surface area (Å²) in [6.45, 7) is 0. The van der Waals surface area contributed by atoms with Crippen LogP contribution in [0.3, 0.4) is 0 Å². The molecule has 2 atom stereocenters. The molecule has 10 aromatic carbocycles. The summed E-state index contributed by atoms with van der Waals surface area (Å²) in [4.78, 5) is 5.36. The van der Waals surface area contributed by atoms with Gasteiger partial charge in [0.1, 0.15) is 6.17 Å². The molecular weight excluding hydrogens is 787 g/mol. The van der Waals surface area contributed by atoms with Crippen LogP contribution in [-0.4, -0.2) is 5.84 Å². The van der Waals surface area contributed by atoms with E-state index in [9.17, 15) is 0 Å². The number of nitrogens with one attached hydrogen (secondary N) is 1. The van der Waals surface area contributed by atoms with Crippen LogP contribution in [0.5, 0.6) is 0 Å². The van der Waals surface area contributed by atoms with Crippen LogP contribution in [0.4, 0.5) is 0 Å². The number of aliphatic imine (C=N–C) groups is 1. The molecule has 2 aliphatic rings. The fourth-order valence-electron chi connectivity index (χ4n) is 10.6. The molecule has 0 aromatic heterocycles. The molecule has 0 saturated heterocycles. The Labute approximate surface area is 380 Å². The van der Waals surface area contributed by atoms with Gasteiger partial charge in [-0.05, 0) is 113 Å². The molecule has 65 heavy (non-hydrogen) atoms. The van der Waals surface area contributed by atoms with E-state index in [1.54, 1.807) is 0 Å². The average molecular weight is 833 g/mol. The highest BCUT2D eigenvalue weighted by Gasteiger charge is 2.46. The molecule has 308 valence electrons. The molecule has 1 aliphatic carbocycles. The van der Waals surface area contributed by atoms with E-state index in [2.05, 4.69) is 259 Å². The van der Waals surface area contributed by atoms with E-state index in [4.69, 9.17) is 4.99 Å². The van der Waals surface area contributed by atoms with E-state index in [0.717, 1.165) is 17.0 Å². The number of fused-ring (bicyclic) bond motifs is 4. The van der Waals surface area contributed by atoms with Gasteiger partial charge in [0, 0.05) is 5.56 Å². The molecule has 3 N–H and O–H groups in total. The van der Waals surface area contributed by atoms with Crippen LogP contribution in [-0.2, 0) is 5.41 Å². The van der Waals surface area contributed by atoms with Crippen LogP contribution in [0, 0.1) is 0 Å². The van der Waals surface area contributed by atoms with Gasteiger partial charge in [0.15, 0.2) is 6.17 Å². The number of quaternary nitrogens is 1. The van der Waals surface area contributed by atoms with Gasteiger partial charge in [-0.25, -0.2) is 10.3 Å². The van der Waals surface area contributed by atoms with Gasteiger partial charge in [-0.2, -0.15) is 0 Å². The van der Waals surface area contributed by atoms with Crippen LogP contribution in [0.15, 0.2) is 254 Å². The van der Waals surface area contributed by atoms with Crippen LogP contribution >= 0.6 is 0 Å². The highest BCUT2D eigenvalue weighted by atomic mass is 15.3. The molecule has 1 aliphatic heterocycles. The van der Waals surface area contributed by atoms with E-state index in [1.807, 2.05) is 0 Å². The number of benzene rings is 10. The first-order valence-electron chi connectivity index (χ1n) is 22.6. The summed E-state index contributed by atoms with van der Waals surface area (Å²) >= 11 is 0. The normalized spacial score (nSPS) is 16.1. The minimum absolute atomic E-state index is 0.0951. The zero-order valence-electron chi connectivity index (χ0n) is 35.9. The third-order valence-corrected chi connectivity index (χ3v) is 13.5. The van der Waals surface area contributed by atoms with Gasteiger partial charge >= 0.3 is 0 Å². The van der Waals surface area contributed by atoms with Gasteiger partial charge in [0.2, 0.25) is 5.84 Å². The third kappa shape index (κ3) is 6.72. The minimum atomic E-state index is -0.487. The lowest BCUT2D eigenvalue weighted by atomic mass is 9.67. The second-order valence-corrected chi connectivity index (χ2v) is 17.2. The van der Waals surface area contributed by atoms with Crippen LogP contribution in [0.1, 0.15) is 51.3 Å². The van der Waals surface area contributed by atoms with E-state index < -0.39 is 5.41 Å². The zero-order chi connectivity index (χ0) is 43.2. The summed E-state index contributed by atoms with van der Waals surface area (Å²) < 4.78 is 0. The number of hydrogen-bond donors (Lipinski definition) is 2. The monoisotopic (exact) mass is 832 g/mol. The van der Waals surface area contributed by atoms with Crippen LogP contribution in [0.2, 0.25) is 0 Å². The van der Waals surface area contributed by atoms with E-state index in [1.165, 1.54) is 83.1 Å². The summed E-state index contributed by atoms with van der Waals surface area (Å²) in [7, 11) is 0. The molecule has 3 nitrogen and oxygen atoms in total. The van der Waals surface area contributed by atoms with Crippen LogP contribution in [0.25, 0.3) is 55.3 Å². The Kier molecular flexibility index (Phi) is 9.71. The summed E-state index contributed by atoms with van der Waals surface area (Å²) in [5, 5.41) is 8.70. The molecule has 0 amide bonds. The van der Waals surface area contributed by atoms with Gasteiger partial charge < -0.3 is 0 Å². The lowest BCUT2D eigenvalue weighted by Crippen LogP contribution is -2.93.